The molecule has 13 heavy (non-hydrogen) atoms. The van der Waals surface area contributed by atoms with E-state index in [0.29, 0.717) is 0 Å². The standard InChI is InChI=1S/C11H20N2/c1-2-7-13-8-10-9(11(13)5-1)4-3-6-12-10/h9-12H,1-8H2. The van der Waals surface area contributed by atoms with Crippen LogP contribution < -0.4 is 5.32 Å². The van der Waals surface area contributed by atoms with Crippen molar-refractivity contribution in [2.24, 2.45) is 5.92 Å². The van der Waals surface area contributed by atoms with Crippen molar-refractivity contribution in [1.82, 2.24) is 10.2 Å². The quantitative estimate of drug-likeness (QED) is 0.603. The average molecular weight is 180 g/mol. The highest BCUT2D eigenvalue weighted by Crippen LogP contribution is 2.36. The Kier molecular flexibility index (Phi) is 2.06. The fraction of sp³-hybridized carbons (Fsp3) is 1.00. The van der Waals surface area contributed by atoms with Gasteiger partial charge in [-0.3, -0.25) is 4.90 Å². The molecule has 0 aromatic heterocycles. The molecule has 0 saturated carbocycles. The Hall–Kier alpha value is -0.0800. The van der Waals surface area contributed by atoms with Gasteiger partial charge >= 0.3 is 0 Å². The Morgan fingerprint density at radius 3 is 3.08 bits per heavy atom. The van der Waals surface area contributed by atoms with Crippen LogP contribution in [0.15, 0.2) is 0 Å². The molecule has 3 saturated heterocycles. The number of nitrogens with one attached hydrogen (secondary N) is 1. The molecular weight excluding hydrogens is 160 g/mol. The minimum Gasteiger partial charge on any atom is -0.312 e. The van der Waals surface area contributed by atoms with Crippen LogP contribution in [0.1, 0.15) is 32.1 Å². The van der Waals surface area contributed by atoms with E-state index in [2.05, 4.69) is 10.2 Å². The highest BCUT2D eigenvalue weighted by molar-refractivity contribution is 5.00. The topological polar surface area (TPSA) is 15.3 Å². The minimum absolute atomic E-state index is 0.844. The van der Waals surface area contributed by atoms with Gasteiger partial charge < -0.3 is 5.32 Å². The van der Waals surface area contributed by atoms with Crippen LogP contribution >= 0.6 is 0 Å². The molecule has 74 valence electrons. The largest absolute Gasteiger partial charge is 0.312 e. The van der Waals surface area contributed by atoms with E-state index in [1.807, 2.05) is 0 Å². The molecule has 3 rings (SSSR count). The molecule has 1 N–H and O–H groups in total. The van der Waals surface area contributed by atoms with E-state index in [4.69, 9.17) is 0 Å². The average Bonchev–Trinajstić information content (AvgIpc) is 2.56. The lowest BCUT2D eigenvalue weighted by Gasteiger charge is -2.33. The van der Waals surface area contributed by atoms with Gasteiger partial charge in [-0.25, -0.2) is 0 Å². The first-order valence-electron chi connectivity index (χ1n) is 5.92. The third-order valence-corrected chi connectivity index (χ3v) is 4.23. The van der Waals surface area contributed by atoms with Gasteiger partial charge in [0, 0.05) is 18.6 Å². The second-order valence-corrected chi connectivity index (χ2v) is 4.92. The number of nitrogens with zero attached hydrogens (tertiary/aromatic N) is 1. The van der Waals surface area contributed by atoms with Crippen LogP contribution in [0.2, 0.25) is 0 Å². The summed E-state index contributed by atoms with van der Waals surface area (Å²) in [5.74, 6) is 0.994. The Morgan fingerprint density at radius 2 is 2.08 bits per heavy atom. The molecule has 3 aliphatic heterocycles. The molecule has 3 atom stereocenters. The Bertz CT molecular complexity index is 173. The zero-order valence-electron chi connectivity index (χ0n) is 8.34. The van der Waals surface area contributed by atoms with Crippen molar-refractivity contribution in [1.29, 1.82) is 0 Å². The molecule has 2 nitrogen and oxygen atoms in total. The van der Waals surface area contributed by atoms with Gasteiger partial charge in [0.1, 0.15) is 0 Å². The molecule has 3 aliphatic rings. The molecular formula is C11H20N2. The van der Waals surface area contributed by atoms with E-state index in [0.717, 1.165) is 18.0 Å². The molecule has 3 fully saturated rings. The molecule has 3 unspecified atom stereocenters. The van der Waals surface area contributed by atoms with Gasteiger partial charge in [0.05, 0.1) is 0 Å². The van der Waals surface area contributed by atoms with Gasteiger partial charge in [-0.2, -0.15) is 0 Å². The first-order chi connectivity index (χ1) is 6.45. The van der Waals surface area contributed by atoms with Gasteiger partial charge in [0.15, 0.2) is 0 Å². The summed E-state index contributed by atoms with van der Waals surface area (Å²) in [5, 5.41) is 3.70. The Balaban J connectivity index is 1.76. The van der Waals surface area contributed by atoms with Crippen molar-refractivity contribution in [3.63, 3.8) is 0 Å². The van der Waals surface area contributed by atoms with Gasteiger partial charge in [0.2, 0.25) is 0 Å². The van der Waals surface area contributed by atoms with Crippen molar-refractivity contribution >= 4 is 0 Å². The number of hydrogen-bond acceptors (Lipinski definition) is 2. The molecule has 0 radical (unpaired) electrons. The normalized spacial score (nSPS) is 45.7. The fourth-order valence-electron chi connectivity index (χ4n) is 3.62. The van der Waals surface area contributed by atoms with Gasteiger partial charge in [0.25, 0.3) is 0 Å². The predicted octanol–water partition coefficient (Wildman–Crippen LogP) is 1.22. The SMILES string of the molecule is C1CNC2CN3CCCCC3C2C1. The zero-order chi connectivity index (χ0) is 8.67. The van der Waals surface area contributed by atoms with Crippen LogP contribution in [0.3, 0.4) is 0 Å². The molecule has 2 heteroatoms. The van der Waals surface area contributed by atoms with Crippen molar-refractivity contribution in [3.8, 4) is 0 Å². The van der Waals surface area contributed by atoms with Crippen LogP contribution in [-0.2, 0) is 0 Å². The summed E-state index contributed by atoms with van der Waals surface area (Å²) in [6, 6.07) is 1.79. The predicted molar refractivity (Wildman–Crippen MR) is 53.7 cm³/mol. The third kappa shape index (κ3) is 1.31. The van der Waals surface area contributed by atoms with Crippen LogP contribution in [-0.4, -0.2) is 36.6 Å². The lowest BCUT2D eigenvalue weighted by atomic mass is 9.85. The second-order valence-electron chi connectivity index (χ2n) is 4.92. The number of piperidine rings is 2. The first-order valence-corrected chi connectivity index (χ1v) is 5.92. The van der Waals surface area contributed by atoms with Crippen LogP contribution in [0.5, 0.6) is 0 Å². The van der Waals surface area contributed by atoms with Gasteiger partial charge in [-0.05, 0) is 44.7 Å². The van der Waals surface area contributed by atoms with Crippen molar-refractivity contribution in [3.05, 3.63) is 0 Å². The molecule has 0 spiro atoms. The molecule has 0 amide bonds. The summed E-state index contributed by atoms with van der Waals surface area (Å²) in [5.41, 5.74) is 0. The maximum atomic E-state index is 3.70. The summed E-state index contributed by atoms with van der Waals surface area (Å²) < 4.78 is 0. The maximum Gasteiger partial charge on any atom is 0.0238 e. The number of hydrogen-bond donors (Lipinski definition) is 1. The monoisotopic (exact) mass is 180 g/mol. The van der Waals surface area contributed by atoms with E-state index in [1.54, 1.807) is 0 Å². The van der Waals surface area contributed by atoms with Gasteiger partial charge in [-0.15, -0.1) is 0 Å². The zero-order valence-corrected chi connectivity index (χ0v) is 8.34. The summed E-state index contributed by atoms with van der Waals surface area (Å²) >= 11 is 0. The third-order valence-electron chi connectivity index (χ3n) is 4.23. The summed E-state index contributed by atoms with van der Waals surface area (Å²) in [6.45, 7) is 3.98. The minimum atomic E-state index is 0.844. The smallest absolute Gasteiger partial charge is 0.0238 e. The second kappa shape index (κ2) is 3.25. The lowest BCUT2D eigenvalue weighted by Crippen LogP contribution is -2.42. The fourth-order valence-corrected chi connectivity index (χ4v) is 3.62. The summed E-state index contributed by atoms with van der Waals surface area (Å²) in [6.07, 6.45) is 7.29. The Labute approximate surface area is 80.7 Å². The number of rotatable bonds is 0. The molecule has 0 aliphatic carbocycles. The van der Waals surface area contributed by atoms with Gasteiger partial charge in [-0.1, -0.05) is 6.42 Å². The van der Waals surface area contributed by atoms with E-state index >= 15 is 0 Å². The molecule has 0 aromatic carbocycles. The number of fused-ring (bicyclic) bond motifs is 3. The highest BCUT2D eigenvalue weighted by atomic mass is 15.2. The van der Waals surface area contributed by atoms with Crippen LogP contribution in [0.25, 0.3) is 0 Å². The lowest BCUT2D eigenvalue weighted by molar-refractivity contribution is 0.165. The molecule has 0 aromatic rings. The van der Waals surface area contributed by atoms with Crippen molar-refractivity contribution in [2.45, 2.75) is 44.2 Å². The highest BCUT2D eigenvalue weighted by Gasteiger charge is 2.42. The van der Waals surface area contributed by atoms with Crippen LogP contribution in [0.4, 0.5) is 0 Å². The van der Waals surface area contributed by atoms with Crippen molar-refractivity contribution < 1.29 is 0 Å². The maximum absolute atomic E-state index is 3.70. The van der Waals surface area contributed by atoms with Crippen LogP contribution in [0, 0.1) is 5.92 Å². The summed E-state index contributed by atoms with van der Waals surface area (Å²) in [7, 11) is 0. The first kappa shape index (κ1) is 8.25. The van der Waals surface area contributed by atoms with E-state index in [1.165, 1.54) is 51.7 Å². The van der Waals surface area contributed by atoms with E-state index < -0.39 is 0 Å². The Morgan fingerprint density at radius 1 is 1.08 bits per heavy atom. The molecule has 3 heterocycles. The van der Waals surface area contributed by atoms with Crippen molar-refractivity contribution in [2.75, 3.05) is 19.6 Å². The van der Waals surface area contributed by atoms with E-state index in [9.17, 15) is 0 Å². The molecule has 0 bridgehead atoms. The van der Waals surface area contributed by atoms with E-state index in [-0.39, 0.29) is 0 Å². The summed E-state index contributed by atoms with van der Waals surface area (Å²) in [4.78, 5) is 2.75.